The van der Waals surface area contributed by atoms with Crippen molar-refractivity contribution in [2.45, 2.75) is 30.0 Å². The van der Waals surface area contributed by atoms with Gasteiger partial charge in [-0.05, 0) is 60.9 Å². The number of hydrogen-bond acceptors (Lipinski definition) is 8. The molecule has 6 rings (SSSR count). The number of aromatic nitrogens is 2. The molecule has 4 aromatic carbocycles. The first-order valence-corrected chi connectivity index (χ1v) is 15.5. The maximum atomic E-state index is 14.5. The number of carbonyl (C=O) groups excluding carboxylic acids is 2. The van der Waals surface area contributed by atoms with Gasteiger partial charge in [-0.3, -0.25) is 14.5 Å². The van der Waals surface area contributed by atoms with E-state index in [9.17, 15) is 19.1 Å². The molecule has 10 heteroatoms. The molecule has 1 amide bonds. The van der Waals surface area contributed by atoms with Crippen molar-refractivity contribution < 1.29 is 23.8 Å². The van der Waals surface area contributed by atoms with Crippen molar-refractivity contribution in [3.8, 4) is 11.5 Å². The van der Waals surface area contributed by atoms with Crippen LogP contribution < -0.4 is 9.64 Å². The zero-order valence-electron chi connectivity index (χ0n) is 23.7. The van der Waals surface area contributed by atoms with Crippen molar-refractivity contribution in [1.82, 2.24) is 10.2 Å². The van der Waals surface area contributed by atoms with Gasteiger partial charge >= 0.3 is 5.91 Å². The molecule has 0 spiro atoms. The number of aliphatic hydroxyl groups excluding tert-OH is 1. The van der Waals surface area contributed by atoms with Gasteiger partial charge in [0.15, 0.2) is 4.34 Å². The molecule has 0 aliphatic carbocycles. The number of rotatable bonds is 8. The summed E-state index contributed by atoms with van der Waals surface area (Å²) in [7, 11) is 0. The summed E-state index contributed by atoms with van der Waals surface area (Å²) in [5.41, 5.74) is 3.06. The van der Waals surface area contributed by atoms with Crippen LogP contribution in [0.1, 0.15) is 33.9 Å². The van der Waals surface area contributed by atoms with Crippen LogP contribution in [0.15, 0.2) is 107 Å². The fraction of sp³-hybridized carbons (Fsp3) is 0.118. The summed E-state index contributed by atoms with van der Waals surface area (Å²) >= 11 is 2.64. The predicted molar refractivity (Wildman–Crippen MR) is 170 cm³/mol. The Morgan fingerprint density at radius 1 is 0.932 bits per heavy atom. The van der Waals surface area contributed by atoms with Crippen LogP contribution in [0.4, 0.5) is 9.52 Å². The van der Waals surface area contributed by atoms with Gasteiger partial charge in [0.05, 0.1) is 11.6 Å². The molecule has 1 N–H and O–H groups in total. The first-order chi connectivity index (χ1) is 21.3. The lowest BCUT2D eigenvalue weighted by molar-refractivity contribution is -0.132. The fourth-order valence-electron chi connectivity index (χ4n) is 4.80. The number of nitrogens with zero attached hydrogens (tertiary/aromatic N) is 3. The standard InChI is InChI=1S/C34H26FN3O4S2/c1-20-11-14-22(15-12-20)19-43-34-37-36-33(44-34)38-29(23-7-6-10-26(17-23)42-25-8-4-3-5-9-25)28(31(40)32(38)41)30(39)24-16-13-21(2)27(35)18-24/h3-18,29,39H,19H2,1-2H3. The Labute approximate surface area is 261 Å². The summed E-state index contributed by atoms with van der Waals surface area (Å²) in [5, 5.41) is 20.2. The van der Waals surface area contributed by atoms with E-state index in [0.717, 1.165) is 11.6 Å². The zero-order chi connectivity index (χ0) is 30.8. The lowest BCUT2D eigenvalue weighted by Crippen LogP contribution is -2.29. The highest BCUT2D eigenvalue weighted by molar-refractivity contribution is 8.00. The fourth-order valence-corrected chi connectivity index (χ4v) is 6.62. The van der Waals surface area contributed by atoms with Crippen molar-refractivity contribution >= 4 is 45.7 Å². The average molecular weight is 624 g/mol. The predicted octanol–water partition coefficient (Wildman–Crippen LogP) is 8.00. The smallest absolute Gasteiger partial charge is 0.301 e. The van der Waals surface area contributed by atoms with Gasteiger partial charge in [0.25, 0.3) is 5.78 Å². The van der Waals surface area contributed by atoms with Crippen LogP contribution in [0.5, 0.6) is 11.5 Å². The Hall–Kier alpha value is -4.80. The number of halogens is 1. The monoisotopic (exact) mass is 623 g/mol. The summed E-state index contributed by atoms with van der Waals surface area (Å²) in [6, 6.07) is 27.4. The van der Waals surface area contributed by atoms with Gasteiger partial charge in [-0.15, -0.1) is 10.2 Å². The summed E-state index contributed by atoms with van der Waals surface area (Å²) in [6.45, 7) is 3.62. The van der Waals surface area contributed by atoms with Crippen molar-refractivity contribution in [1.29, 1.82) is 0 Å². The van der Waals surface area contributed by atoms with E-state index >= 15 is 0 Å². The maximum absolute atomic E-state index is 14.5. The molecule has 1 aliphatic heterocycles. The summed E-state index contributed by atoms with van der Waals surface area (Å²) in [5.74, 6) is -1.09. The Morgan fingerprint density at radius 3 is 2.43 bits per heavy atom. The number of para-hydroxylation sites is 1. The topological polar surface area (TPSA) is 92.6 Å². The summed E-state index contributed by atoms with van der Waals surface area (Å²) in [4.78, 5) is 28.4. The minimum Gasteiger partial charge on any atom is -0.507 e. The van der Waals surface area contributed by atoms with Crippen molar-refractivity contribution in [3.05, 3.63) is 136 Å². The number of benzene rings is 4. The maximum Gasteiger partial charge on any atom is 0.301 e. The molecule has 1 unspecified atom stereocenters. The van der Waals surface area contributed by atoms with E-state index < -0.39 is 29.3 Å². The van der Waals surface area contributed by atoms with Gasteiger partial charge in [-0.2, -0.15) is 0 Å². The highest BCUT2D eigenvalue weighted by atomic mass is 32.2. The second kappa shape index (κ2) is 12.4. The van der Waals surface area contributed by atoms with E-state index in [0.29, 0.717) is 32.7 Å². The van der Waals surface area contributed by atoms with Crippen LogP contribution in [0, 0.1) is 19.7 Å². The van der Waals surface area contributed by atoms with Gasteiger partial charge in [-0.1, -0.05) is 95.4 Å². The van der Waals surface area contributed by atoms with E-state index in [-0.39, 0.29) is 16.3 Å². The Morgan fingerprint density at radius 2 is 1.68 bits per heavy atom. The molecule has 0 saturated carbocycles. The van der Waals surface area contributed by atoms with Crippen LogP contribution in [-0.2, 0) is 15.3 Å². The number of anilines is 1. The quantitative estimate of drug-likeness (QED) is 0.0616. The molecule has 0 radical (unpaired) electrons. The molecule has 2 heterocycles. The van der Waals surface area contributed by atoms with Crippen molar-refractivity contribution in [2.75, 3.05) is 4.90 Å². The van der Waals surface area contributed by atoms with Gasteiger partial charge in [0, 0.05) is 11.3 Å². The summed E-state index contributed by atoms with van der Waals surface area (Å²) < 4.78 is 21.1. The third-order valence-electron chi connectivity index (χ3n) is 7.13. The van der Waals surface area contributed by atoms with Crippen molar-refractivity contribution in [2.24, 2.45) is 0 Å². The normalized spacial score (nSPS) is 16.0. The van der Waals surface area contributed by atoms with Crippen molar-refractivity contribution in [3.63, 3.8) is 0 Å². The second-order valence-corrected chi connectivity index (χ2v) is 12.4. The number of thioether (sulfide) groups is 1. The van der Waals surface area contributed by atoms with E-state index in [2.05, 4.69) is 10.2 Å². The van der Waals surface area contributed by atoms with E-state index in [4.69, 9.17) is 4.74 Å². The zero-order valence-corrected chi connectivity index (χ0v) is 25.4. The number of ketones is 1. The van der Waals surface area contributed by atoms with Gasteiger partial charge < -0.3 is 9.84 Å². The highest BCUT2D eigenvalue weighted by Gasteiger charge is 2.48. The molecule has 1 fully saturated rings. The van der Waals surface area contributed by atoms with Crippen LogP contribution in [0.3, 0.4) is 0 Å². The number of carbonyl (C=O) groups is 2. The number of ether oxygens (including phenoxy) is 1. The molecule has 5 aromatic rings. The third kappa shape index (κ3) is 5.99. The highest BCUT2D eigenvalue weighted by Crippen LogP contribution is 2.45. The molecular weight excluding hydrogens is 598 g/mol. The van der Waals surface area contributed by atoms with Crippen LogP contribution in [0.25, 0.3) is 5.76 Å². The molecule has 1 aromatic heterocycles. The number of aryl methyl sites for hydroxylation is 2. The Kier molecular flexibility index (Phi) is 8.28. The van der Waals surface area contributed by atoms with E-state index in [1.807, 2.05) is 61.5 Å². The number of Topliss-reactive ketones (excluding diaryl/α,β-unsaturated/α-hetero) is 1. The minimum atomic E-state index is -1.07. The van der Waals surface area contributed by atoms with Gasteiger partial charge in [0.1, 0.15) is 23.1 Å². The van der Waals surface area contributed by atoms with Crippen LogP contribution >= 0.6 is 23.1 Å². The first kappa shape index (κ1) is 29.3. The Balaban J connectivity index is 1.40. The number of hydrogen-bond donors (Lipinski definition) is 1. The van der Waals surface area contributed by atoms with Crippen LogP contribution in [0.2, 0.25) is 0 Å². The summed E-state index contributed by atoms with van der Waals surface area (Å²) in [6.07, 6.45) is 0. The SMILES string of the molecule is Cc1ccc(CSc2nnc(N3C(=O)C(=O)C(=C(O)c4ccc(C)c(F)c4)C3c3cccc(Oc4ccccc4)c3)s2)cc1. The molecule has 0 bridgehead atoms. The number of amides is 1. The molecule has 1 atom stereocenters. The molecular formula is C34H26FN3O4S2. The van der Waals surface area contributed by atoms with E-state index in [1.165, 1.54) is 45.7 Å². The molecule has 1 saturated heterocycles. The van der Waals surface area contributed by atoms with E-state index in [1.54, 1.807) is 31.2 Å². The van der Waals surface area contributed by atoms with Gasteiger partial charge in [-0.25, -0.2) is 4.39 Å². The molecule has 1 aliphatic rings. The lowest BCUT2D eigenvalue weighted by Gasteiger charge is -2.23. The largest absolute Gasteiger partial charge is 0.507 e. The number of aliphatic hydroxyl groups is 1. The first-order valence-electron chi connectivity index (χ1n) is 13.7. The average Bonchev–Trinajstić information content (AvgIpc) is 3.60. The third-order valence-corrected chi connectivity index (χ3v) is 9.25. The van der Waals surface area contributed by atoms with Crippen LogP contribution in [-0.4, -0.2) is 27.0 Å². The van der Waals surface area contributed by atoms with Gasteiger partial charge in [0.2, 0.25) is 5.13 Å². The second-order valence-electron chi connectivity index (χ2n) is 10.2. The lowest BCUT2D eigenvalue weighted by atomic mass is 9.95. The molecule has 7 nitrogen and oxygen atoms in total. The minimum absolute atomic E-state index is 0.0828. The molecule has 44 heavy (non-hydrogen) atoms. The molecule has 220 valence electrons. The Bertz CT molecular complexity index is 1890.